The number of hydrogen-bond acceptors (Lipinski definition) is 7. The number of benzene rings is 2. The summed E-state index contributed by atoms with van der Waals surface area (Å²) in [5, 5.41) is 14.7. The topological polar surface area (TPSA) is 98.0 Å². The third kappa shape index (κ3) is 5.20. The van der Waals surface area contributed by atoms with Gasteiger partial charge in [-0.05, 0) is 30.3 Å². The Kier molecular flexibility index (Phi) is 7.29. The smallest absolute Gasteiger partial charge is 0.247 e. The highest BCUT2D eigenvalue weighted by Gasteiger charge is 2.22. The van der Waals surface area contributed by atoms with Crippen LogP contribution in [0.4, 0.5) is 31.7 Å². The van der Waals surface area contributed by atoms with Crippen LogP contribution in [0.5, 0.6) is 0 Å². The van der Waals surface area contributed by atoms with Crippen molar-refractivity contribution >= 4 is 34.3 Å². The summed E-state index contributed by atoms with van der Waals surface area (Å²) in [4.78, 5) is 24.3. The fourth-order valence-corrected chi connectivity index (χ4v) is 4.50. The van der Waals surface area contributed by atoms with Gasteiger partial charge >= 0.3 is 0 Å². The third-order valence-electron chi connectivity index (χ3n) is 6.47. The molecule has 3 heterocycles. The molecule has 0 aliphatic carbocycles. The number of anilines is 4. The maximum atomic E-state index is 15.1. The lowest BCUT2D eigenvalue weighted by Crippen LogP contribution is -2.47. The highest BCUT2D eigenvalue weighted by molar-refractivity contribution is 5.99. The Bertz CT molecular complexity index is 1480. The normalized spacial score (nSPS) is 14.0. The van der Waals surface area contributed by atoms with Gasteiger partial charge in [0.25, 0.3) is 0 Å². The molecule has 38 heavy (non-hydrogen) atoms. The first-order valence-corrected chi connectivity index (χ1v) is 12.2. The van der Waals surface area contributed by atoms with Crippen LogP contribution in [0.3, 0.4) is 0 Å². The van der Waals surface area contributed by atoms with Crippen LogP contribution >= 0.6 is 0 Å². The number of imidazole rings is 1. The van der Waals surface area contributed by atoms with Gasteiger partial charge in [-0.15, -0.1) is 0 Å². The predicted molar refractivity (Wildman–Crippen MR) is 143 cm³/mol. The summed E-state index contributed by atoms with van der Waals surface area (Å²) < 4.78 is 31.9. The Balaban J connectivity index is 1.37. The van der Waals surface area contributed by atoms with E-state index in [0.717, 1.165) is 5.56 Å². The second-order valence-electron chi connectivity index (χ2n) is 8.87. The van der Waals surface area contributed by atoms with E-state index in [1.165, 1.54) is 18.5 Å². The molecule has 2 aromatic carbocycles. The van der Waals surface area contributed by atoms with Crippen molar-refractivity contribution in [1.29, 1.82) is 0 Å². The zero-order valence-corrected chi connectivity index (χ0v) is 20.6. The van der Waals surface area contributed by atoms with Gasteiger partial charge in [0.15, 0.2) is 11.6 Å². The molecule has 1 aliphatic heterocycles. The Hall–Kier alpha value is -4.35. The van der Waals surface area contributed by atoms with Gasteiger partial charge in [0.1, 0.15) is 18.5 Å². The Morgan fingerprint density at radius 3 is 2.61 bits per heavy atom. The van der Waals surface area contributed by atoms with Crippen LogP contribution in [0, 0.1) is 11.6 Å². The van der Waals surface area contributed by atoms with E-state index in [2.05, 4.69) is 32.1 Å². The monoisotopic (exact) mass is 519 g/mol. The first kappa shape index (κ1) is 25.3. The summed E-state index contributed by atoms with van der Waals surface area (Å²) >= 11 is 0. The summed E-state index contributed by atoms with van der Waals surface area (Å²) in [5.74, 6) is -1.91. The molecule has 3 N–H and O–H groups in total. The zero-order valence-electron chi connectivity index (χ0n) is 20.6. The molecule has 0 unspecified atom stereocenters. The molecule has 1 amide bonds. The molecule has 0 saturated carbocycles. The van der Waals surface area contributed by atoms with E-state index in [9.17, 15) is 4.79 Å². The van der Waals surface area contributed by atoms with Gasteiger partial charge in [0.05, 0.1) is 29.2 Å². The summed E-state index contributed by atoms with van der Waals surface area (Å²) in [5.41, 5.74) is 2.85. The number of piperazine rings is 1. The lowest BCUT2D eigenvalue weighted by molar-refractivity contribution is -0.111. The molecule has 9 nitrogen and oxygen atoms in total. The number of amides is 1. The molecule has 196 valence electrons. The molecule has 0 bridgehead atoms. The number of nitrogens with zero attached hydrogens (tertiary/aromatic N) is 5. The molecule has 1 fully saturated rings. The van der Waals surface area contributed by atoms with Crippen LogP contribution in [-0.4, -0.2) is 69.6 Å². The SMILES string of the molecule is C=CC(=O)Nc1cccc(-c2ncn3cnc(Nc4ccc(N5CCN(CCO)CC5)c(F)c4F)cc23)c1. The standard InChI is InChI=1S/C27H27F2N7O2/c1-2-24(38)32-19-5-3-4-18(14-19)27-22-15-23(30-16-36(22)17-31-27)33-20-6-7-21(26(29)25(20)28)35-10-8-34(9-11-35)12-13-37/h2-7,14-17,33,37H,1,8-13H2,(H,32,38). The van der Waals surface area contributed by atoms with Crippen molar-refractivity contribution < 1.29 is 18.7 Å². The van der Waals surface area contributed by atoms with Crippen molar-refractivity contribution in [2.24, 2.45) is 0 Å². The van der Waals surface area contributed by atoms with Gasteiger partial charge < -0.3 is 20.6 Å². The number of aliphatic hydroxyl groups is 1. The fraction of sp³-hybridized carbons (Fsp3) is 0.222. The number of fused-ring (bicyclic) bond motifs is 1. The maximum absolute atomic E-state index is 15.1. The molecular formula is C27H27F2N7O2. The number of β-amino-alcohol motifs (C(OH)–C–C–N with tert-alkyl or cyclic N) is 1. The number of halogens is 2. The first-order chi connectivity index (χ1) is 18.5. The van der Waals surface area contributed by atoms with Crippen LogP contribution < -0.4 is 15.5 Å². The number of hydrogen-bond donors (Lipinski definition) is 3. The van der Waals surface area contributed by atoms with Crippen LogP contribution in [-0.2, 0) is 4.79 Å². The average Bonchev–Trinajstić information content (AvgIpc) is 3.36. The van der Waals surface area contributed by atoms with Crippen molar-refractivity contribution in [3.05, 3.63) is 79.4 Å². The summed E-state index contributed by atoms with van der Waals surface area (Å²) in [6, 6.07) is 12.0. The fourth-order valence-electron chi connectivity index (χ4n) is 4.50. The second kappa shape index (κ2) is 11.0. The molecule has 5 rings (SSSR count). The van der Waals surface area contributed by atoms with E-state index in [4.69, 9.17) is 5.11 Å². The Morgan fingerprint density at radius 2 is 1.84 bits per heavy atom. The van der Waals surface area contributed by atoms with Gasteiger partial charge in [0.2, 0.25) is 5.91 Å². The molecule has 1 saturated heterocycles. The molecule has 2 aromatic heterocycles. The van der Waals surface area contributed by atoms with Crippen molar-refractivity contribution in [3.63, 3.8) is 0 Å². The quantitative estimate of drug-likeness (QED) is 0.306. The van der Waals surface area contributed by atoms with E-state index >= 15 is 8.78 Å². The summed E-state index contributed by atoms with van der Waals surface area (Å²) in [6.45, 7) is 6.53. The lowest BCUT2D eigenvalue weighted by Gasteiger charge is -2.36. The third-order valence-corrected chi connectivity index (χ3v) is 6.47. The average molecular weight is 520 g/mol. The summed E-state index contributed by atoms with van der Waals surface area (Å²) in [6.07, 6.45) is 4.33. The lowest BCUT2D eigenvalue weighted by atomic mass is 10.1. The molecule has 0 spiro atoms. The van der Waals surface area contributed by atoms with E-state index in [0.29, 0.717) is 55.4 Å². The number of aromatic nitrogens is 3. The molecule has 11 heteroatoms. The second-order valence-corrected chi connectivity index (χ2v) is 8.87. The highest BCUT2D eigenvalue weighted by Crippen LogP contribution is 2.31. The first-order valence-electron chi connectivity index (χ1n) is 12.2. The minimum Gasteiger partial charge on any atom is -0.395 e. The van der Waals surface area contributed by atoms with E-state index in [1.807, 2.05) is 11.0 Å². The maximum Gasteiger partial charge on any atom is 0.247 e. The van der Waals surface area contributed by atoms with Gasteiger partial charge in [-0.25, -0.2) is 18.7 Å². The number of carbonyl (C=O) groups excluding carboxylic acids is 1. The van der Waals surface area contributed by atoms with Crippen molar-refractivity contribution in [3.8, 4) is 11.3 Å². The van der Waals surface area contributed by atoms with Crippen LogP contribution in [0.2, 0.25) is 0 Å². The van der Waals surface area contributed by atoms with Crippen LogP contribution in [0.25, 0.3) is 16.8 Å². The minimum atomic E-state index is -0.985. The van der Waals surface area contributed by atoms with Gasteiger partial charge in [0, 0.05) is 50.0 Å². The van der Waals surface area contributed by atoms with Crippen molar-refractivity contribution in [1.82, 2.24) is 19.3 Å². The Labute approximate surface area is 218 Å². The Morgan fingerprint density at radius 1 is 1.05 bits per heavy atom. The number of rotatable bonds is 8. The highest BCUT2D eigenvalue weighted by atomic mass is 19.2. The number of aliphatic hydroxyl groups excluding tert-OH is 1. The summed E-state index contributed by atoms with van der Waals surface area (Å²) in [7, 11) is 0. The molecule has 4 aromatic rings. The molecule has 1 aliphatic rings. The van der Waals surface area contributed by atoms with Crippen LogP contribution in [0.15, 0.2) is 67.8 Å². The van der Waals surface area contributed by atoms with Gasteiger partial charge in [-0.1, -0.05) is 18.7 Å². The minimum absolute atomic E-state index is 0.0304. The van der Waals surface area contributed by atoms with Crippen molar-refractivity contribution in [2.45, 2.75) is 0 Å². The van der Waals surface area contributed by atoms with Crippen LogP contribution in [0.1, 0.15) is 0 Å². The van der Waals surface area contributed by atoms with E-state index < -0.39 is 11.6 Å². The van der Waals surface area contributed by atoms with Gasteiger partial charge in [-0.2, -0.15) is 0 Å². The number of carbonyl (C=O) groups is 1. The molecular weight excluding hydrogens is 492 g/mol. The zero-order chi connectivity index (χ0) is 26.6. The molecule has 0 atom stereocenters. The molecule has 0 radical (unpaired) electrons. The largest absolute Gasteiger partial charge is 0.395 e. The van der Waals surface area contributed by atoms with Crippen molar-refractivity contribution in [2.75, 3.05) is 54.9 Å². The van der Waals surface area contributed by atoms with E-state index in [-0.39, 0.29) is 23.9 Å². The van der Waals surface area contributed by atoms with E-state index in [1.54, 1.807) is 41.1 Å². The predicted octanol–water partition coefficient (Wildman–Crippen LogP) is 3.66. The van der Waals surface area contributed by atoms with Gasteiger partial charge in [-0.3, -0.25) is 14.1 Å². The number of nitrogens with one attached hydrogen (secondary N) is 2.